The molecule has 0 aromatic rings. The van der Waals surface area contributed by atoms with E-state index in [-0.39, 0.29) is 19.4 Å². The van der Waals surface area contributed by atoms with Crippen LogP contribution in [0.25, 0.3) is 0 Å². The van der Waals surface area contributed by atoms with Gasteiger partial charge in [-0.3, -0.25) is 23.4 Å². The molecule has 0 radical (unpaired) electrons. The Bertz CT molecular complexity index is 1180. The van der Waals surface area contributed by atoms with Crippen molar-refractivity contribution in [2.75, 3.05) is 19.8 Å². The second kappa shape index (κ2) is 39.0. The molecule has 3 atom stereocenters. The summed E-state index contributed by atoms with van der Waals surface area (Å²) in [5.74, 6) is -2.43. The molecule has 0 aromatic heterocycles. The Morgan fingerprint density at radius 1 is 0.571 bits per heavy atom. The topological polar surface area (TPSA) is 172 Å². The Morgan fingerprint density at radius 3 is 1.55 bits per heavy atom. The van der Waals surface area contributed by atoms with E-state index in [1.54, 1.807) is 0 Å². The second-order valence-electron chi connectivity index (χ2n) is 14.1. The number of carbonyl (C=O) groups excluding carboxylic acids is 2. The Balaban J connectivity index is 4.47. The van der Waals surface area contributed by atoms with Crippen molar-refractivity contribution in [3.8, 4) is 0 Å². The second-order valence-corrected chi connectivity index (χ2v) is 15.6. The third-order valence-electron chi connectivity index (χ3n) is 8.77. The van der Waals surface area contributed by atoms with Gasteiger partial charge in [0.1, 0.15) is 12.6 Å². The maximum Gasteiger partial charge on any atom is 0.472 e. The maximum absolute atomic E-state index is 12.6. The first kappa shape index (κ1) is 53.2. The van der Waals surface area contributed by atoms with Crippen molar-refractivity contribution < 1.29 is 47.5 Å². The van der Waals surface area contributed by atoms with Gasteiger partial charge in [0, 0.05) is 12.8 Å². The van der Waals surface area contributed by atoms with Crippen molar-refractivity contribution in [1.29, 1.82) is 0 Å². The summed E-state index contributed by atoms with van der Waals surface area (Å²) in [5, 5.41) is 8.88. The minimum atomic E-state index is -4.73. The van der Waals surface area contributed by atoms with Crippen molar-refractivity contribution >= 4 is 25.7 Å². The predicted molar refractivity (Wildman–Crippen MR) is 226 cm³/mol. The molecule has 322 valence electrons. The van der Waals surface area contributed by atoms with Gasteiger partial charge in [-0.05, 0) is 77.0 Å². The summed E-state index contributed by atoms with van der Waals surface area (Å²) in [7, 11) is -4.73. The van der Waals surface area contributed by atoms with Gasteiger partial charge in [-0.15, -0.1) is 0 Å². The molecule has 1 unspecified atom stereocenters. The predicted octanol–water partition coefficient (Wildman–Crippen LogP) is 11.2. The third-order valence-corrected chi connectivity index (χ3v) is 9.72. The molecule has 0 bridgehead atoms. The number of carbonyl (C=O) groups is 3. The van der Waals surface area contributed by atoms with Crippen LogP contribution < -0.4 is 5.73 Å². The molecule has 11 nitrogen and oxygen atoms in total. The van der Waals surface area contributed by atoms with Crippen LogP contribution in [0.2, 0.25) is 0 Å². The Morgan fingerprint density at radius 2 is 1.00 bits per heavy atom. The number of ether oxygens (including phenoxy) is 2. The summed E-state index contributed by atoms with van der Waals surface area (Å²) < 4.78 is 32.6. The van der Waals surface area contributed by atoms with Crippen molar-refractivity contribution in [2.24, 2.45) is 5.73 Å². The third kappa shape index (κ3) is 38.1. The van der Waals surface area contributed by atoms with Crippen LogP contribution in [0.3, 0.4) is 0 Å². The van der Waals surface area contributed by atoms with E-state index in [2.05, 4.69) is 79.1 Å². The summed E-state index contributed by atoms with van der Waals surface area (Å²) in [6.45, 7) is 2.70. The smallest absolute Gasteiger partial charge is 0.472 e. The summed E-state index contributed by atoms with van der Waals surface area (Å²) in [5.41, 5.74) is 5.33. The summed E-state index contributed by atoms with van der Waals surface area (Å²) in [6.07, 6.45) is 44.2. The van der Waals surface area contributed by atoms with E-state index in [4.69, 9.17) is 24.8 Å². The maximum atomic E-state index is 12.6. The average Bonchev–Trinajstić information content (AvgIpc) is 3.17. The lowest BCUT2D eigenvalue weighted by Gasteiger charge is -2.20. The summed E-state index contributed by atoms with van der Waals surface area (Å²) >= 11 is 0. The van der Waals surface area contributed by atoms with Gasteiger partial charge >= 0.3 is 25.7 Å². The molecule has 0 spiro atoms. The average molecular weight is 810 g/mol. The van der Waals surface area contributed by atoms with Crippen LogP contribution in [0.15, 0.2) is 60.8 Å². The first-order valence-corrected chi connectivity index (χ1v) is 22.8. The lowest BCUT2D eigenvalue weighted by atomic mass is 10.1. The molecule has 0 heterocycles. The SMILES string of the molecule is CCCCC/C=C/C/C=C/C/C=C/CCCCCCC(=O)O[C@H](COC(=O)CCCCCCC/C=C/C=C/CCCCCC)COP(=O)(O)OC[C@H](N)C(=O)O. The molecule has 0 fully saturated rings. The zero-order chi connectivity index (χ0) is 41.4. The minimum absolute atomic E-state index is 0.129. The van der Waals surface area contributed by atoms with Crippen molar-refractivity contribution in [2.45, 2.75) is 180 Å². The van der Waals surface area contributed by atoms with Crippen LogP contribution in [0, 0.1) is 0 Å². The van der Waals surface area contributed by atoms with Gasteiger partial charge < -0.3 is 25.2 Å². The molecule has 56 heavy (non-hydrogen) atoms. The number of carboxylic acids is 1. The van der Waals surface area contributed by atoms with Gasteiger partial charge in [-0.25, -0.2) is 4.57 Å². The Labute approximate surface area is 338 Å². The molecular weight excluding hydrogens is 733 g/mol. The number of allylic oxidation sites excluding steroid dienone is 10. The number of nitrogens with two attached hydrogens (primary N) is 1. The molecular formula is C44H76NO10P. The van der Waals surface area contributed by atoms with E-state index in [0.717, 1.165) is 83.5 Å². The highest BCUT2D eigenvalue weighted by Gasteiger charge is 2.28. The fourth-order valence-electron chi connectivity index (χ4n) is 5.35. The lowest BCUT2D eigenvalue weighted by molar-refractivity contribution is -0.161. The van der Waals surface area contributed by atoms with Gasteiger partial charge in [-0.2, -0.15) is 0 Å². The molecule has 0 saturated heterocycles. The van der Waals surface area contributed by atoms with Crippen LogP contribution in [-0.4, -0.2) is 59.9 Å². The quantitative estimate of drug-likeness (QED) is 0.0177. The van der Waals surface area contributed by atoms with Crippen molar-refractivity contribution in [3.63, 3.8) is 0 Å². The number of aliphatic carboxylic acids is 1. The van der Waals surface area contributed by atoms with E-state index in [1.807, 2.05) is 0 Å². The monoisotopic (exact) mass is 810 g/mol. The van der Waals surface area contributed by atoms with Gasteiger partial charge in [0.25, 0.3) is 0 Å². The normalized spacial score (nSPS) is 14.4. The largest absolute Gasteiger partial charge is 0.480 e. The number of unbranched alkanes of at least 4 members (excludes halogenated alkanes) is 16. The molecule has 12 heteroatoms. The van der Waals surface area contributed by atoms with E-state index in [9.17, 15) is 23.8 Å². The standard InChI is InChI=1S/C44H76NO10P/c1-3-5-7-9-11-13-15-17-19-20-22-24-26-28-30-32-34-36-43(47)55-40(38-53-56(50,51)54-39-41(45)44(48)49)37-52-42(46)35-33-31-29-27-25-23-21-18-16-14-12-10-8-6-4-2/h11,13-14,16-19,21-22,24,40-41H,3-10,12,15,20,23,25-39,45H2,1-2H3,(H,48,49)(H,50,51)/b13-11+,16-14+,19-17+,21-18+,24-22+/t40-,41+/m1/s1. The number of phosphoric ester groups is 1. The fourth-order valence-corrected chi connectivity index (χ4v) is 6.13. The molecule has 4 N–H and O–H groups in total. The number of hydrogen-bond donors (Lipinski definition) is 3. The van der Waals surface area contributed by atoms with Crippen LogP contribution in [-0.2, 0) is 37.5 Å². The number of esters is 2. The zero-order valence-corrected chi connectivity index (χ0v) is 35.6. The molecule has 0 aliphatic rings. The molecule has 0 aliphatic carbocycles. The first-order chi connectivity index (χ1) is 27.1. The molecule has 0 aliphatic heterocycles. The van der Waals surface area contributed by atoms with E-state index in [1.165, 1.54) is 44.9 Å². The number of phosphoric acid groups is 1. The van der Waals surface area contributed by atoms with Gasteiger partial charge in [0.05, 0.1) is 13.2 Å². The Kier molecular flexibility index (Phi) is 37.1. The van der Waals surface area contributed by atoms with E-state index >= 15 is 0 Å². The molecule has 0 saturated carbocycles. The first-order valence-electron chi connectivity index (χ1n) is 21.3. The number of carboxylic acid groups (broad SMARTS) is 1. The Hall–Kier alpha value is -2.82. The summed E-state index contributed by atoms with van der Waals surface area (Å²) in [6, 6.07) is -1.53. The number of rotatable bonds is 39. The molecule has 0 aromatic carbocycles. The molecule has 0 rings (SSSR count). The van der Waals surface area contributed by atoms with E-state index < -0.39 is 51.1 Å². The van der Waals surface area contributed by atoms with Crippen molar-refractivity contribution in [3.05, 3.63) is 60.8 Å². The van der Waals surface area contributed by atoms with Crippen LogP contribution in [0.4, 0.5) is 0 Å². The molecule has 0 amide bonds. The van der Waals surface area contributed by atoms with Crippen molar-refractivity contribution in [1.82, 2.24) is 0 Å². The highest BCUT2D eigenvalue weighted by molar-refractivity contribution is 7.47. The fraction of sp³-hybridized carbons (Fsp3) is 0.705. The van der Waals surface area contributed by atoms with E-state index in [0.29, 0.717) is 12.8 Å². The summed E-state index contributed by atoms with van der Waals surface area (Å²) in [4.78, 5) is 45.9. The highest BCUT2D eigenvalue weighted by Crippen LogP contribution is 2.43. The lowest BCUT2D eigenvalue weighted by Crippen LogP contribution is -2.34. The van der Waals surface area contributed by atoms with Crippen LogP contribution in [0.1, 0.15) is 168 Å². The highest BCUT2D eigenvalue weighted by atomic mass is 31.2. The van der Waals surface area contributed by atoms with Gasteiger partial charge in [0.2, 0.25) is 0 Å². The zero-order valence-electron chi connectivity index (χ0n) is 34.7. The van der Waals surface area contributed by atoms with Crippen LogP contribution >= 0.6 is 7.82 Å². The van der Waals surface area contributed by atoms with Gasteiger partial charge in [-0.1, -0.05) is 139 Å². The van der Waals surface area contributed by atoms with Crippen LogP contribution in [0.5, 0.6) is 0 Å². The number of hydrogen-bond acceptors (Lipinski definition) is 9. The minimum Gasteiger partial charge on any atom is -0.480 e. The van der Waals surface area contributed by atoms with Gasteiger partial charge in [0.15, 0.2) is 6.10 Å².